The molecule has 0 spiro atoms. The molecule has 0 saturated heterocycles. The van der Waals surface area contributed by atoms with Crippen molar-refractivity contribution in [2.75, 3.05) is 4.90 Å². The fraction of sp³-hybridized carbons (Fsp3) is 0.158. The lowest BCUT2D eigenvalue weighted by Gasteiger charge is -2.31. The van der Waals surface area contributed by atoms with Gasteiger partial charge in [-0.05, 0) is 73.4 Å². The second-order valence-electron chi connectivity index (χ2n) is 17.3. The molecule has 9 aromatic rings. The molecule has 0 fully saturated rings. The van der Waals surface area contributed by atoms with Crippen LogP contribution in [0, 0.1) is 62.3 Å². The molecule has 65 heavy (non-hydrogen) atoms. The number of nitrogens with zero attached hydrogens (tertiary/aromatic N) is 7. The Morgan fingerprint density at radius 2 is 0.615 bits per heavy atom. The molecule has 0 aliphatic rings. The molecule has 0 aliphatic carbocycles. The van der Waals surface area contributed by atoms with Crippen LogP contribution in [0.4, 0.5) is 17.6 Å². The van der Waals surface area contributed by atoms with Gasteiger partial charge in [-0.3, -0.25) is 0 Å². The Bertz CT molecular complexity index is 2850. The summed E-state index contributed by atoms with van der Waals surface area (Å²) in [5.74, 6) is 2.94. The van der Waals surface area contributed by atoms with Crippen LogP contribution in [-0.2, 0) is 0 Å². The molecule has 8 heteroatoms. The third kappa shape index (κ3) is 8.48. The Hall–Kier alpha value is -7.58. The Kier molecular flexibility index (Phi) is 11.8. The maximum Gasteiger partial charge on any atom is 0.243 e. The maximum atomic E-state index is 5.36. The van der Waals surface area contributed by atoms with Crippen molar-refractivity contribution >= 4 is 40.7 Å². The van der Waals surface area contributed by atoms with Crippen LogP contribution in [0.1, 0.15) is 50.1 Å². The van der Waals surface area contributed by atoms with Gasteiger partial charge in [0.1, 0.15) is 0 Å². The lowest BCUT2D eigenvalue weighted by Crippen LogP contribution is -2.57. The number of rotatable bonds is 10. The highest BCUT2D eigenvalue weighted by Gasteiger charge is 2.35. The quantitative estimate of drug-likeness (QED) is 0.127. The van der Waals surface area contributed by atoms with Crippen molar-refractivity contribution in [2.45, 2.75) is 62.3 Å². The first kappa shape index (κ1) is 42.7. The summed E-state index contributed by atoms with van der Waals surface area (Å²) in [6, 6.07) is 51.9. The van der Waals surface area contributed by atoms with Gasteiger partial charge in [-0.25, -0.2) is 14.9 Å². The van der Waals surface area contributed by atoms with Gasteiger partial charge in [-0.15, -0.1) is 0 Å². The van der Waals surface area contributed by atoms with E-state index >= 15 is 0 Å². The smallest absolute Gasteiger partial charge is 0.243 e. The Morgan fingerprint density at radius 3 is 0.923 bits per heavy atom. The highest BCUT2D eigenvalue weighted by atomic mass is 15.4. The predicted octanol–water partition coefficient (Wildman–Crippen LogP) is 11.5. The average molecular weight is 846 g/mol. The van der Waals surface area contributed by atoms with Crippen LogP contribution in [0.3, 0.4) is 0 Å². The molecule has 0 saturated carbocycles. The first-order valence-corrected chi connectivity index (χ1v) is 22.2. The van der Waals surface area contributed by atoms with Crippen LogP contribution in [-0.4, -0.2) is 36.6 Å². The van der Waals surface area contributed by atoms with E-state index in [1.54, 1.807) is 0 Å². The van der Waals surface area contributed by atoms with Crippen LogP contribution in [0.2, 0.25) is 0 Å². The zero-order chi connectivity index (χ0) is 45.4. The molecule has 0 atom stereocenters. The van der Waals surface area contributed by atoms with E-state index in [4.69, 9.17) is 29.9 Å². The molecule has 7 nitrogen and oxygen atoms in total. The number of aromatic nitrogens is 6. The fourth-order valence-corrected chi connectivity index (χ4v) is 9.79. The molecule has 0 N–H and O–H groups in total. The van der Waals surface area contributed by atoms with Crippen LogP contribution in [0.15, 0.2) is 152 Å². The molecule has 0 radical (unpaired) electrons. The summed E-state index contributed by atoms with van der Waals surface area (Å²) in [7, 11) is 0. The van der Waals surface area contributed by atoms with Crippen molar-refractivity contribution in [3.8, 4) is 45.6 Å². The van der Waals surface area contributed by atoms with Crippen molar-refractivity contribution in [1.82, 2.24) is 29.9 Å². The molecule has 2 heterocycles. The predicted molar refractivity (Wildman–Crippen MR) is 270 cm³/mol. The van der Waals surface area contributed by atoms with E-state index in [0.717, 1.165) is 39.1 Å². The van der Waals surface area contributed by atoms with Gasteiger partial charge < -0.3 is 0 Å². The Labute approximate surface area is 383 Å². The van der Waals surface area contributed by atoms with Gasteiger partial charge in [0.25, 0.3) is 0 Å². The van der Waals surface area contributed by atoms with Gasteiger partial charge in [0.05, 0.1) is 5.69 Å². The van der Waals surface area contributed by atoms with E-state index in [-0.39, 0.29) is 6.71 Å². The van der Waals surface area contributed by atoms with Crippen molar-refractivity contribution in [3.63, 3.8) is 0 Å². The number of anilines is 3. The molecule has 318 valence electrons. The molecule has 0 bridgehead atoms. The number of hydrogen-bond donors (Lipinski definition) is 0. The maximum absolute atomic E-state index is 5.36. The fourth-order valence-electron chi connectivity index (χ4n) is 9.79. The minimum atomic E-state index is -0.0892. The van der Waals surface area contributed by atoms with Crippen molar-refractivity contribution in [1.29, 1.82) is 0 Å². The van der Waals surface area contributed by atoms with E-state index < -0.39 is 0 Å². The zero-order valence-corrected chi connectivity index (χ0v) is 38.6. The van der Waals surface area contributed by atoms with E-state index in [1.807, 2.05) is 121 Å². The zero-order valence-electron chi connectivity index (χ0n) is 38.6. The molecule has 0 amide bonds. The van der Waals surface area contributed by atoms with Gasteiger partial charge >= 0.3 is 0 Å². The molecular formula is C57H52BN7. The van der Waals surface area contributed by atoms with Crippen LogP contribution < -0.4 is 21.3 Å². The number of benzene rings is 7. The van der Waals surface area contributed by atoms with Crippen molar-refractivity contribution in [3.05, 3.63) is 202 Å². The van der Waals surface area contributed by atoms with Crippen LogP contribution in [0.25, 0.3) is 45.6 Å². The third-order valence-corrected chi connectivity index (χ3v) is 12.3. The number of aryl methyl sites for hydroxylation is 8. The Balaban J connectivity index is 1.41. The summed E-state index contributed by atoms with van der Waals surface area (Å²) in [5.41, 5.74) is 19.1. The second kappa shape index (κ2) is 17.9. The Morgan fingerprint density at radius 1 is 0.323 bits per heavy atom. The molecule has 7 aromatic carbocycles. The molecular weight excluding hydrogens is 793 g/mol. The molecule has 2 aromatic heterocycles. The molecule has 0 aliphatic heterocycles. The van der Waals surface area contributed by atoms with Gasteiger partial charge in [-0.2, -0.15) is 19.9 Å². The summed E-state index contributed by atoms with van der Waals surface area (Å²) in [5, 5.41) is 0. The largest absolute Gasteiger partial charge is 0.246 e. The lowest BCUT2D eigenvalue weighted by atomic mass is 9.33. The van der Waals surface area contributed by atoms with Crippen molar-refractivity contribution < 1.29 is 0 Å². The SMILES string of the molecule is Cc1cc(C)c(B(c2c(C)cc(C)cc2C)c2c(C)cc(C)c(N(c3nc(-c4ccccc4)nc(-c4ccccc4)n3)c3nc(-c4ccccc4)nc(-c4ccccc4)n3)c2C)c(C)c1. The summed E-state index contributed by atoms with van der Waals surface area (Å²) < 4.78 is 0. The topological polar surface area (TPSA) is 80.6 Å². The summed E-state index contributed by atoms with van der Waals surface area (Å²) in [6.07, 6.45) is 0. The first-order chi connectivity index (χ1) is 31.4. The highest BCUT2D eigenvalue weighted by Crippen LogP contribution is 2.38. The lowest BCUT2D eigenvalue weighted by molar-refractivity contribution is 0.957. The number of hydrogen-bond acceptors (Lipinski definition) is 7. The minimum Gasteiger partial charge on any atom is -0.246 e. The molecule has 0 unspecified atom stereocenters. The standard InChI is InChI=1S/C57H52BN7/c1-35-30-37(3)48(38(4)31-35)58(49-39(5)32-36(2)33-40(49)6)50-41(7)34-42(8)51(43(50)9)65(56-61-52(44-22-14-10-15-23-44)59-53(62-56)45-24-16-11-17-25-45)57-63-54(46-26-18-12-19-27-46)60-55(64-57)47-28-20-13-21-29-47/h10-34H,1-9H3. The van der Waals surface area contributed by atoms with Gasteiger partial charge in [-0.1, -0.05) is 207 Å². The second-order valence-corrected chi connectivity index (χ2v) is 17.3. The van der Waals surface area contributed by atoms with E-state index in [9.17, 15) is 0 Å². The van der Waals surface area contributed by atoms with Crippen LogP contribution in [0.5, 0.6) is 0 Å². The highest BCUT2D eigenvalue weighted by molar-refractivity contribution is 6.97. The van der Waals surface area contributed by atoms with E-state index in [2.05, 4.69) is 97.5 Å². The van der Waals surface area contributed by atoms with Gasteiger partial charge in [0, 0.05) is 22.3 Å². The minimum absolute atomic E-state index is 0.0892. The van der Waals surface area contributed by atoms with Crippen LogP contribution >= 0.6 is 0 Å². The van der Waals surface area contributed by atoms with Gasteiger partial charge in [0.15, 0.2) is 23.3 Å². The first-order valence-electron chi connectivity index (χ1n) is 22.2. The summed E-state index contributed by atoms with van der Waals surface area (Å²) in [4.78, 5) is 33.7. The van der Waals surface area contributed by atoms with E-state index in [0.29, 0.717) is 35.2 Å². The summed E-state index contributed by atoms with van der Waals surface area (Å²) in [6.45, 7) is 20.0. The molecule has 9 rings (SSSR count). The normalized spacial score (nSPS) is 11.2. The average Bonchev–Trinajstić information content (AvgIpc) is 3.30. The van der Waals surface area contributed by atoms with Crippen molar-refractivity contribution in [2.24, 2.45) is 0 Å². The monoisotopic (exact) mass is 845 g/mol. The summed E-state index contributed by atoms with van der Waals surface area (Å²) >= 11 is 0. The van der Waals surface area contributed by atoms with Gasteiger partial charge in [0.2, 0.25) is 18.6 Å². The third-order valence-electron chi connectivity index (χ3n) is 12.3. The van der Waals surface area contributed by atoms with E-state index in [1.165, 1.54) is 55.3 Å².